The van der Waals surface area contributed by atoms with Crippen molar-refractivity contribution < 1.29 is 9.18 Å². The number of rotatable bonds is 2. The van der Waals surface area contributed by atoms with Gasteiger partial charge in [-0.3, -0.25) is 4.79 Å². The Morgan fingerprint density at radius 3 is 2.58 bits per heavy atom. The maximum absolute atomic E-state index is 13.1. The molecule has 2 heterocycles. The van der Waals surface area contributed by atoms with E-state index in [4.69, 9.17) is 0 Å². The highest BCUT2D eigenvalue weighted by molar-refractivity contribution is 5.95. The normalized spacial score (nSPS) is 20.2. The molecule has 1 amide bonds. The van der Waals surface area contributed by atoms with Crippen LogP contribution in [-0.4, -0.2) is 33.7 Å². The number of nitrogens with zero attached hydrogens (tertiary/aromatic N) is 3. The minimum atomic E-state index is -0.287. The molecule has 24 heavy (non-hydrogen) atoms. The summed E-state index contributed by atoms with van der Waals surface area (Å²) in [5.74, 6) is 0.343. The molecule has 1 saturated heterocycles. The van der Waals surface area contributed by atoms with Gasteiger partial charge in [0.25, 0.3) is 5.91 Å². The summed E-state index contributed by atoms with van der Waals surface area (Å²) in [4.78, 5) is 14.9. The fourth-order valence-corrected chi connectivity index (χ4v) is 3.27. The van der Waals surface area contributed by atoms with E-state index in [2.05, 4.69) is 25.9 Å². The molecular formula is C19H24FN3O. The number of benzene rings is 1. The number of amides is 1. The largest absolute Gasteiger partial charge is 0.338 e. The second-order valence-electron chi connectivity index (χ2n) is 7.44. The summed E-state index contributed by atoms with van der Waals surface area (Å²) in [6, 6.07) is 6.11. The lowest BCUT2D eigenvalue weighted by molar-refractivity contribution is 0.0427. The highest BCUT2D eigenvalue weighted by Gasteiger charge is 2.35. The van der Waals surface area contributed by atoms with Crippen LogP contribution in [0.5, 0.6) is 0 Å². The van der Waals surface area contributed by atoms with Gasteiger partial charge < -0.3 is 4.90 Å². The zero-order chi connectivity index (χ0) is 17.5. The Hall–Kier alpha value is -2.17. The van der Waals surface area contributed by atoms with Crippen LogP contribution in [-0.2, 0) is 0 Å². The Labute approximate surface area is 142 Å². The van der Waals surface area contributed by atoms with Crippen LogP contribution in [0.3, 0.4) is 0 Å². The Kier molecular flexibility index (Phi) is 4.20. The van der Waals surface area contributed by atoms with Crippen molar-refractivity contribution in [3.63, 3.8) is 0 Å². The highest BCUT2D eigenvalue weighted by atomic mass is 19.1. The van der Waals surface area contributed by atoms with Gasteiger partial charge in [-0.05, 0) is 48.9 Å². The zero-order valence-corrected chi connectivity index (χ0v) is 14.7. The number of hydrogen-bond acceptors (Lipinski definition) is 2. The van der Waals surface area contributed by atoms with E-state index >= 15 is 0 Å². The van der Waals surface area contributed by atoms with Crippen molar-refractivity contribution in [1.29, 1.82) is 0 Å². The van der Waals surface area contributed by atoms with E-state index < -0.39 is 0 Å². The van der Waals surface area contributed by atoms with E-state index in [0.29, 0.717) is 11.5 Å². The van der Waals surface area contributed by atoms with Gasteiger partial charge in [-0.1, -0.05) is 20.8 Å². The molecule has 0 saturated carbocycles. The standard InChI is InChI=1S/C19H24FN3O/c1-13-9-10-22(12-19(13,3)4)18(24)17-11-21-23(14(17)2)16-7-5-15(20)6-8-16/h5-8,11,13H,9-10,12H2,1-4H3/t13-/m0/s1. The molecule has 1 aromatic heterocycles. The maximum Gasteiger partial charge on any atom is 0.257 e. The molecule has 0 aliphatic carbocycles. The first-order chi connectivity index (χ1) is 11.3. The molecule has 2 aromatic rings. The van der Waals surface area contributed by atoms with Crippen LogP contribution in [0.15, 0.2) is 30.5 Å². The smallest absolute Gasteiger partial charge is 0.257 e. The lowest BCUT2D eigenvalue weighted by Crippen LogP contribution is -2.47. The first-order valence-electron chi connectivity index (χ1n) is 8.39. The third-order valence-corrected chi connectivity index (χ3v) is 5.36. The van der Waals surface area contributed by atoms with Crippen LogP contribution in [0.4, 0.5) is 4.39 Å². The first kappa shape index (κ1) is 16.7. The summed E-state index contributed by atoms with van der Waals surface area (Å²) in [6.45, 7) is 10.1. The van der Waals surface area contributed by atoms with Crippen molar-refractivity contribution in [2.45, 2.75) is 34.1 Å². The Morgan fingerprint density at radius 1 is 1.29 bits per heavy atom. The minimum absolute atomic E-state index is 0.0286. The molecular weight excluding hydrogens is 305 g/mol. The average molecular weight is 329 g/mol. The lowest BCUT2D eigenvalue weighted by Gasteiger charge is -2.42. The summed E-state index contributed by atoms with van der Waals surface area (Å²) in [5.41, 5.74) is 2.27. The Bertz CT molecular complexity index is 748. The van der Waals surface area contributed by atoms with Gasteiger partial charge in [0, 0.05) is 13.1 Å². The van der Waals surface area contributed by atoms with Crippen LogP contribution >= 0.6 is 0 Å². The molecule has 1 fully saturated rings. The number of carbonyl (C=O) groups excluding carboxylic acids is 1. The molecule has 0 unspecified atom stereocenters. The second-order valence-corrected chi connectivity index (χ2v) is 7.44. The summed E-state index contributed by atoms with van der Waals surface area (Å²) in [6.07, 6.45) is 2.63. The fraction of sp³-hybridized carbons (Fsp3) is 0.474. The lowest BCUT2D eigenvalue weighted by atomic mass is 9.75. The summed E-state index contributed by atoms with van der Waals surface area (Å²) in [7, 11) is 0. The molecule has 4 nitrogen and oxygen atoms in total. The van der Waals surface area contributed by atoms with E-state index in [1.165, 1.54) is 12.1 Å². The predicted molar refractivity (Wildman–Crippen MR) is 91.7 cm³/mol. The van der Waals surface area contributed by atoms with E-state index in [1.807, 2.05) is 11.8 Å². The topological polar surface area (TPSA) is 38.1 Å². The van der Waals surface area contributed by atoms with Crippen molar-refractivity contribution in [2.24, 2.45) is 11.3 Å². The van der Waals surface area contributed by atoms with Crippen molar-refractivity contribution in [3.05, 3.63) is 47.5 Å². The maximum atomic E-state index is 13.1. The Balaban J connectivity index is 1.85. The van der Waals surface area contributed by atoms with Crippen molar-refractivity contribution >= 4 is 5.91 Å². The van der Waals surface area contributed by atoms with Crippen LogP contribution in [0.2, 0.25) is 0 Å². The van der Waals surface area contributed by atoms with Crippen LogP contribution < -0.4 is 0 Å². The van der Waals surface area contributed by atoms with Gasteiger partial charge in [-0.2, -0.15) is 5.10 Å². The number of carbonyl (C=O) groups is 1. The van der Waals surface area contributed by atoms with Crippen LogP contribution in [0.25, 0.3) is 5.69 Å². The van der Waals surface area contributed by atoms with Gasteiger partial charge in [0.1, 0.15) is 5.82 Å². The monoisotopic (exact) mass is 329 g/mol. The van der Waals surface area contributed by atoms with Crippen LogP contribution in [0, 0.1) is 24.1 Å². The molecule has 128 valence electrons. The van der Waals surface area contributed by atoms with E-state index in [1.54, 1.807) is 23.0 Å². The highest BCUT2D eigenvalue weighted by Crippen LogP contribution is 2.35. The third kappa shape index (κ3) is 2.95. The molecule has 0 bridgehead atoms. The molecule has 0 N–H and O–H groups in total. The molecule has 1 aliphatic rings. The molecule has 3 rings (SSSR count). The van der Waals surface area contributed by atoms with E-state index in [0.717, 1.165) is 30.9 Å². The van der Waals surface area contributed by atoms with Gasteiger partial charge in [-0.25, -0.2) is 9.07 Å². The molecule has 1 atom stereocenters. The summed E-state index contributed by atoms with van der Waals surface area (Å²) < 4.78 is 14.8. The number of hydrogen-bond donors (Lipinski definition) is 0. The molecule has 5 heteroatoms. The number of piperidine rings is 1. The van der Waals surface area contributed by atoms with Gasteiger partial charge >= 0.3 is 0 Å². The van der Waals surface area contributed by atoms with Gasteiger partial charge in [-0.15, -0.1) is 0 Å². The van der Waals surface area contributed by atoms with Crippen molar-refractivity contribution in [3.8, 4) is 5.69 Å². The van der Waals surface area contributed by atoms with Gasteiger partial charge in [0.15, 0.2) is 0 Å². The first-order valence-corrected chi connectivity index (χ1v) is 8.39. The molecule has 1 aliphatic heterocycles. The average Bonchev–Trinajstić information content (AvgIpc) is 2.92. The predicted octanol–water partition coefficient (Wildman–Crippen LogP) is 3.83. The summed E-state index contributed by atoms with van der Waals surface area (Å²) >= 11 is 0. The van der Waals surface area contributed by atoms with Crippen LogP contribution in [0.1, 0.15) is 43.2 Å². The van der Waals surface area contributed by atoms with E-state index in [9.17, 15) is 9.18 Å². The molecule has 0 spiro atoms. The summed E-state index contributed by atoms with van der Waals surface area (Å²) in [5, 5.41) is 4.33. The van der Waals surface area contributed by atoms with E-state index in [-0.39, 0.29) is 17.1 Å². The van der Waals surface area contributed by atoms with Gasteiger partial charge in [0.2, 0.25) is 0 Å². The number of likely N-dealkylation sites (tertiary alicyclic amines) is 1. The Morgan fingerprint density at radius 2 is 1.96 bits per heavy atom. The quantitative estimate of drug-likeness (QED) is 0.840. The fourth-order valence-electron chi connectivity index (χ4n) is 3.27. The second kappa shape index (κ2) is 6.04. The minimum Gasteiger partial charge on any atom is -0.338 e. The number of halogens is 1. The SMILES string of the molecule is Cc1c(C(=O)N2CC[C@H](C)C(C)(C)C2)cnn1-c1ccc(F)cc1. The molecule has 0 radical (unpaired) electrons. The molecule has 1 aromatic carbocycles. The van der Waals surface area contributed by atoms with Crippen molar-refractivity contribution in [1.82, 2.24) is 14.7 Å². The zero-order valence-electron chi connectivity index (χ0n) is 14.7. The van der Waals surface area contributed by atoms with Crippen molar-refractivity contribution in [2.75, 3.05) is 13.1 Å². The third-order valence-electron chi connectivity index (χ3n) is 5.36. The number of aromatic nitrogens is 2. The van der Waals surface area contributed by atoms with Gasteiger partial charge in [0.05, 0.1) is 23.1 Å².